The Morgan fingerprint density at radius 1 is 0.567 bits per heavy atom. The minimum absolute atomic E-state index is 0.658. The Labute approximate surface area is 173 Å². The summed E-state index contributed by atoms with van der Waals surface area (Å²) < 4.78 is 0. The molecule has 0 saturated heterocycles. The van der Waals surface area contributed by atoms with Gasteiger partial charge in [0.1, 0.15) is 0 Å². The summed E-state index contributed by atoms with van der Waals surface area (Å²) in [6, 6.07) is 14.5. The molecule has 5 rings (SSSR count). The topological polar surface area (TPSA) is 80.2 Å². The molecule has 4 N–H and O–H groups in total. The predicted octanol–water partition coefficient (Wildman–Crippen LogP) is 2.00. The average molecular weight is 396 g/mol. The van der Waals surface area contributed by atoms with Gasteiger partial charge in [-0.05, 0) is 92.5 Å². The van der Waals surface area contributed by atoms with E-state index >= 15 is 0 Å². The van der Waals surface area contributed by atoms with Gasteiger partial charge in [0, 0.05) is 44.4 Å². The van der Waals surface area contributed by atoms with Gasteiger partial charge in [0.15, 0.2) is 6.29 Å². The summed E-state index contributed by atoms with van der Waals surface area (Å²) in [6.45, 7) is 8.31. The van der Waals surface area contributed by atoms with Crippen LogP contribution in [0.3, 0.4) is 0 Å². The van der Waals surface area contributed by atoms with E-state index in [0.717, 1.165) is 72.8 Å². The van der Waals surface area contributed by atoms with Gasteiger partial charge in [-0.25, -0.2) is 0 Å². The summed E-state index contributed by atoms with van der Waals surface area (Å²) in [5.74, 6) is 0. The minimum atomic E-state index is 0.658. The monoisotopic (exact) mass is 396 g/mol. The first-order valence-electron chi connectivity index (χ1n) is 10.1. The van der Waals surface area contributed by atoms with Crippen LogP contribution >= 0.6 is 0 Å². The number of rotatable bonds is 1. The summed E-state index contributed by atoms with van der Waals surface area (Å²) in [5, 5.41) is 3.94. The first kappa shape index (κ1) is 18.3. The zero-order valence-electron chi connectivity index (χ0n) is 17.5. The van der Waals surface area contributed by atoms with Crippen LogP contribution in [0, 0.1) is 0 Å². The number of aromatic amines is 4. The number of nitrogens with one attached hydrogen (secondary N) is 4. The maximum Gasteiger partial charge on any atom is 0.152 e. The van der Waals surface area contributed by atoms with Crippen molar-refractivity contribution in [3.05, 3.63) is 92.2 Å². The molecule has 5 heterocycles. The SMILES string of the molecule is CC1=c2ccc([nH]2)=C(C)c2ccc([nH]2)C(C)=c2[nH]c(cc2C=O)=C(C)c2ccc1[nH]2. The highest BCUT2D eigenvalue weighted by molar-refractivity contribution is 5.79. The van der Waals surface area contributed by atoms with Crippen LogP contribution in [0.15, 0.2) is 42.5 Å². The molecule has 8 bridgehead atoms. The van der Waals surface area contributed by atoms with Gasteiger partial charge >= 0.3 is 0 Å². The quantitative estimate of drug-likeness (QED) is 0.365. The van der Waals surface area contributed by atoms with Crippen molar-refractivity contribution in [1.82, 2.24) is 19.9 Å². The number of carbonyl (C=O) groups excluding carboxylic acids is 1. The Balaban J connectivity index is 1.93. The van der Waals surface area contributed by atoms with Gasteiger partial charge in [0.25, 0.3) is 0 Å². The number of H-pyrrole nitrogens is 4. The molecular weight excluding hydrogens is 372 g/mol. The van der Waals surface area contributed by atoms with E-state index in [2.05, 4.69) is 77.1 Å². The van der Waals surface area contributed by atoms with Crippen molar-refractivity contribution in [3.8, 4) is 0 Å². The van der Waals surface area contributed by atoms with Crippen molar-refractivity contribution in [1.29, 1.82) is 0 Å². The molecule has 0 aliphatic carbocycles. The molecule has 0 amide bonds. The second-order valence-electron chi connectivity index (χ2n) is 7.99. The Bertz CT molecular complexity index is 1550. The second-order valence-corrected chi connectivity index (χ2v) is 7.99. The van der Waals surface area contributed by atoms with Crippen LogP contribution in [0.2, 0.25) is 0 Å². The highest BCUT2D eigenvalue weighted by atomic mass is 16.1. The third kappa shape index (κ3) is 2.74. The van der Waals surface area contributed by atoms with Gasteiger partial charge in [0.05, 0.1) is 5.35 Å². The standard InChI is InChI=1S/C25H24N4O/c1-13-18-5-6-19(26-18)14(2)21-9-10-23(28-21)16(4)25-17(12-30)11-24(29-25)15(3)22-8-7-20(13)27-22/h5-12,26-29H,1-4H3. The van der Waals surface area contributed by atoms with Crippen LogP contribution in [-0.4, -0.2) is 26.2 Å². The van der Waals surface area contributed by atoms with E-state index in [1.54, 1.807) is 0 Å². The maximum atomic E-state index is 11.8. The van der Waals surface area contributed by atoms with E-state index in [1.165, 1.54) is 0 Å². The van der Waals surface area contributed by atoms with Crippen molar-refractivity contribution in [3.63, 3.8) is 0 Å². The van der Waals surface area contributed by atoms with E-state index in [9.17, 15) is 4.79 Å². The Hall–Kier alpha value is -3.73. The fourth-order valence-corrected chi connectivity index (χ4v) is 4.14. The van der Waals surface area contributed by atoms with E-state index in [0.29, 0.717) is 5.56 Å². The molecule has 0 unspecified atom stereocenters. The first-order chi connectivity index (χ1) is 14.5. The number of aldehydes is 1. The van der Waals surface area contributed by atoms with Crippen LogP contribution in [0.4, 0.5) is 0 Å². The predicted molar refractivity (Wildman–Crippen MR) is 120 cm³/mol. The summed E-state index contributed by atoms with van der Waals surface area (Å²) in [4.78, 5) is 25.9. The third-order valence-corrected chi connectivity index (χ3v) is 6.24. The van der Waals surface area contributed by atoms with Crippen molar-refractivity contribution < 1.29 is 4.79 Å². The molecule has 0 fully saturated rings. The molecule has 0 atom stereocenters. The molecule has 5 heteroatoms. The molecule has 5 nitrogen and oxygen atoms in total. The van der Waals surface area contributed by atoms with Crippen molar-refractivity contribution in [2.24, 2.45) is 0 Å². The van der Waals surface area contributed by atoms with Gasteiger partial charge < -0.3 is 19.9 Å². The van der Waals surface area contributed by atoms with E-state index in [-0.39, 0.29) is 0 Å². The molecule has 1 aliphatic heterocycles. The Kier molecular flexibility index (Phi) is 4.07. The van der Waals surface area contributed by atoms with Gasteiger partial charge in [-0.15, -0.1) is 0 Å². The summed E-state index contributed by atoms with van der Waals surface area (Å²) in [5.41, 5.74) is 9.14. The zero-order chi connectivity index (χ0) is 21.0. The maximum absolute atomic E-state index is 11.8. The Morgan fingerprint density at radius 2 is 1.03 bits per heavy atom. The lowest BCUT2D eigenvalue weighted by atomic mass is 10.1. The third-order valence-electron chi connectivity index (χ3n) is 6.24. The highest BCUT2D eigenvalue weighted by Crippen LogP contribution is 2.17. The van der Waals surface area contributed by atoms with Crippen molar-refractivity contribution >= 4 is 28.6 Å². The lowest BCUT2D eigenvalue weighted by Crippen LogP contribution is -2.17. The van der Waals surface area contributed by atoms with Crippen LogP contribution < -0.4 is 21.4 Å². The molecule has 0 aromatic carbocycles. The lowest BCUT2D eigenvalue weighted by molar-refractivity contribution is 0.112. The molecular formula is C25H24N4O. The normalized spacial score (nSPS) is 13.9. The zero-order valence-corrected chi connectivity index (χ0v) is 17.5. The molecule has 0 radical (unpaired) electrons. The number of carbonyl (C=O) groups is 1. The van der Waals surface area contributed by atoms with E-state index in [4.69, 9.17) is 0 Å². The van der Waals surface area contributed by atoms with Crippen molar-refractivity contribution in [2.75, 3.05) is 0 Å². The molecule has 4 aromatic rings. The van der Waals surface area contributed by atoms with Crippen molar-refractivity contribution in [2.45, 2.75) is 27.7 Å². The molecule has 1 aliphatic rings. The van der Waals surface area contributed by atoms with E-state index in [1.807, 2.05) is 13.0 Å². The summed E-state index contributed by atoms with van der Waals surface area (Å²) in [6.07, 6.45) is 0.916. The Morgan fingerprint density at radius 3 is 1.53 bits per heavy atom. The molecule has 30 heavy (non-hydrogen) atoms. The molecule has 150 valence electrons. The molecule has 0 saturated carbocycles. The lowest BCUT2D eigenvalue weighted by Gasteiger charge is -2.01. The van der Waals surface area contributed by atoms with Crippen LogP contribution in [0.25, 0.3) is 22.3 Å². The van der Waals surface area contributed by atoms with E-state index < -0.39 is 0 Å². The smallest absolute Gasteiger partial charge is 0.152 e. The highest BCUT2D eigenvalue weighted by Gasteiger charge is 2.11. The number of hydrogen-bond acceptors (Lipinski definition) is 1. The summed E-state index contributed by atoms with van der Waals surface area (Å²) in [7, 11) is 0. The molecule has 0 spiro atoms. The second kappa shape index (κ2) is 6.66. The summed E-state index contributed by atoms with van der Waals surface area (Å²) >= 11 is 0. The van der Waals surface area contributed by atoms with Crippen LogP contribution in [0.1, 0.15) is 60.8 Å². The first-order valence-corrected chi connectivity index (χ1v) is 10.1. The average Bonchev–Trinajstić information content (AvgIpc) is 3.56. The van der Waals surface area contributed by atoms with Gasteiger partial charge in [-0.1, -0.05) is 0 Å². The van der Waals surface area contributed by atoms with Gasteiger partial charge in [-0.2, -0.15) is 0 Å². The van der Waals surface area contributed by atoms with Crippen LogP contribution in [-0.2, 0) is 0 Å². The number of fused-ring (bicyclic) bond motifs is 8. The minimum Gasteiger partial charge on any atom is -0.355 e. The van der Waals surface area contributed by atoms with Gasteiger partial charge in [0.2, 0.25) is 0 Å². The molecule has 4 aromatic heterocycles. The fourth-order valence-electron chi connectivity index (χ4n) is 4.14. The van der Waals surface area contributed by atoms with Gasteiger partial charge in [-0.3, -0.25) is 4.79 Å². The van der Waals surface area contributed by atoms with Crippen LogP contribution in [0.5, 0.6) is 0 Å². The number of hydrogen-bond donors (Lipinski definition) is 4. The fraction of sp³-hybridized carbons (Fsp3) is 0.160. The number of aromatic nitrogens is 4. The largest absolute Gasteiger partial charge is 0.355 e.